The van der Waals surface area contributed by atoms with Gasteiger partial charge in [-0.1, -0.05) is 0 Å². The molecule has 1 atom stereocenters. The van der Waals surface area contributed by atoms with Gasteiger partial charge < -0.3 is 15.4 Å². The van der Waals surface area contributed by atoms with Crippen LogP contribution in [0.15, 0.2) is 36.7 Å². The van der Waals surface area contributed by atoms with E-state index in [2.05, 4.69) is 30.3 Å². The van der Waals surface area contributed by atoms with Crippen molar-refractivity contribution < 1.29 is 13.3 Å². The fraction of sp³-hybridized carbons (Fsp3) is 0.364. The number of rotatable bonds is 5. The van der Waals surface area contributed by atoms with E-state index >= 15 is 4.39 Å². The Morgan fingerprint density at radius 1 is 1.24 bits per heavy atom. The minimum atomic E-state index is -3.05. The van der Waals surface area contributed by atoms with Gasteiger partial charge in [-0.2, -0.15) is 0 Å². The molecule has 1 fully saturated rings. The van der Waals surface area contributed by atoms with Crippen molar-refractivity contribution >= 4 is 38.5 Å². The molecule has 9 nitrogen and oxygen atoms in total. The molecule has 0 radical (unpaired) electrons. The molecule has 1 aliphatic rings. The average Bonchev–Trinajstić information content (AvgIpc) is 2.78. The number of pyridine rings is 1. The van der Waals surface area contributed by atoms with Crippen molar-refractivity contribution in [1.82, 2.24) is 25.0 Å². The highest BCUT2D eigenvalue weighted by Gasteiger charge is 2.50. The number of nitrogens with one attached hydrogen (secondary N) is 4. The number of hydrogen-bond acceptors (Lipinski definition) is 7. The van der Waals surface area contributed by atoms with Crippen LogP contribution in [0.25, 0.3) is 11.0 Å². The summed E-state index contributed by atoms with van der Waals surface area (Å²) in [6.07, 6.45) is 3.10. The number of aromatic nitrogens is 3. The van der Waals surface area contributed by atoms with Gasteiger partial charge in [-0.05, 0) is 62.2 Å². The van der Waals surface area contributed by atoms with Crippen molar-refractivity contribution in [2.75, 3.05) is 25.2 Å². The first-order valence-electron chi connectivity index (χ1n) is 10.4. The van der Waals surface area contributed by atoms with Crippen molar-refractivity contribution in [2.45, 2.75) is 31.1 Å². The first-order valence-corrected chi connectivity index (χ1v) is 12.3. The molecule has 1 aromatic carbocycles. The second kappa shape index (κ2) is 7.99. The Morgan fingerprint density at radius 2 is 2.00 bits per heavy atom. The van der Waals surface area contributed by atoms with Gasteiger partial charge in [0.05, 0.1) is 29.1 Å². The lowest BCUT2D eigenvalue weighted by Crippen LogP contribution is -2.69. The van der Waals surface area contributed by atoms with E-state index in [0.717, 1.165) is 0 Å². The van der Waals surface area contributed by atoms with E-state index in [9.17, 15) is 4.21 Å². The maximum absolute atomic E-state index is 15.0. The van der Waals surface area contributed by atoms with Crippen molar-refractivity contribution in [2.24, 2.45) is 0 Å². The molecule has 0 aliphatic carbocycles. The molecule has 0 bridgehead atoms. The third-order valence-electron chi connectivity index (χ3n) is 6.29. The third-order valence-corrected chi connectivity index (χ3v) is 10.1. The molecule has 4 N–H and O–H groups in total. The number of thiol groups is 1. The van der Waals surface area contributed by atoms with E-state index in [1.807, 2.05) is 0 Å². The maximum atomic E-state index is 15.0. The van der Waals surface area contributed by atoms with E-state index in [1.54, 1.807) is 52.2 Å². The SMILES string of the molecule is CN[SH]1(=O)C[C@@](C)(c2cc(Nc3nccc4nc(OC)cnc34)ccc2F)NC(=N)C1(C)C. The van der Waals surface area contributed by atoms with Crippen LogP contribution in [0.3, 0.4) is 0 Å². The van der Waals surface area contributed by atoms with Crippen LogP contribution in [0, 0.1) is 11.2 Å². The van der Waals surface area contributed by atoms with Gasteiger partial charge in [-0.15, -0.1) is 0 Å². The normalized spacial score (nSPS) is 22.4. The Balaban J connectivity index is 1.73. The number of anilines is 2. The van der Waals surface area contributed by atoms with E-state index in [4.69, 9.17) is 10.1 Å². The van der Waals surface area contributed by atoms with Gasteiger partial charge in [0, 0.05) is 23.2 Å². The number of methoxy groups -OCH3 is 1. The van der Waals surface area contributed by atoms with Gasteiger partial charge in [0.1, 0.15) is 17.2 Å². The molecule has 0 spiro atoms. The van der Waals surface area contributed by atoms with Crippen LogP contribution in [0.1, 0.15) is 26.3 Å². The van der Waals surface area contributed by atoms with E-state index in [0.29, 0.717) is 34.0 Å². The predicted octanol–water partition coefficient (Wildman–Crippen LogP) is 2.64. The number of nitrogens with zero attached hydrogens (tertiary/aromatic N) is 3. The summed E-state index contributed by atoms with van der Waals surface area (Å²) in [5, 5.41) is 14.8. The zero-order chi connectivity index (χ0) is 24.0. The third kappa shape index (κ3) is 3.80. The van der Waals surface area contributed by atoms with Crippen molar-refractivity contribution in [3.8, 4) is 5.88 Å². The first-order chi connectivity index (χ1) is 15.5. The summed E-state index contributed by atoms with van der Waals surface area (Å²) >= 11 is 0. The highest BCUT2D eigenvalue weighted by Crippen LogP contribution is 2.38. The van der Waals surface area contributed by atoms with E-state index < -0.39 is 26.2 Å². The zero-order valence-corrected chi connectivity index (χ0v) is 20.0. The minimum Gasteiger partial charge on any atom is -0.480 e. The fourth-order valence-corrected chi connectivity index (χ4v) is 6.75. The summed E-state index contributed by atoms with van der Waals surface area (Å²) in [6, 6.07) is 6.31. The predicted molar refractivity (Wildman–Crippen MR) is 129 cm³/mol. The lowest BCUT2D eigenvalue weighted by atomic mass is 9.91. The number of hydrogen-bond donors (Lipinski definition) is 5. The summed E-state index contributed by atoms with van der Waals surface area (Å²) in [6.45, 7) is 5.28. The maximum Gasteiger partial charge on any atom is 0.232 e. The fourth-order valence-electron chi connectivity index (χ4n) is 4.08. The van der Waals surface area contributed by atoms with Crippen LogP contribution in [0.2, 0.25) is 0 Å². The molecule has 0 saturated carbocycles. The molecule has 176 valence electrons. The van der Waals surface area contributed by atoms with Gasteiger partial charge in [0.25, 0.3) is 0 Å². The molecule has 33 heavy (non-hydrogen) atoms. The van der Waals surface area contributed by atoms with E-state index in [1.165, 1.54) is 19.4 Å². The summed E-state index contributed by atoms with van der Waals surface area (Å²) < 4.78 is 35.9. The molecule has 0 unspecified atom stereocenters. The van der Waals surface area contributed by atoms with Gasteiger partial charge in [0.2, 0.25) is 5.88 Å². The molecule has 1 saturated heterocycles. The van der Waals surface area contributed by atoms with Crippen LogP contribution in [0.5, 0.6) is 5.88 Å². The Hall–Kier alpha value is -3.18. The van der Waals surface area contributed by atoms with Crippen molar-refractivity contribution in [3.63, 3.8) is 0 Å². The molecule has 0 amide bonds. The smallest absolute Gasteiger partial charge is 0.232 e. The van der Waals surface area contributed by atoms with Gasteiger partial charge >= 0.3 is 0 Å². The summed E-state index contributed by atoms with van der Waals surface area (Å²) in [5.41, 5.74) is 0.959. The lowest BCUT2D eigenvalue weighted by molar-refractivity contribution is 0.397. The molecule has 11 heteroatoms. The van der Waals surface area contributed by atoms with Crippen LogP contribution < -0.4 is 20.1 Å². The van der Waals surface area contributed by atoms with Crippen LogP contribution in [0.4, 0.5) is 15.9 Å². The Bertz CT molecular complexity index is 1300. The second-order valence-corrected chi connectivity index (χ2v) is 12.1. The quantitative estimate of drug-likeness (QED) is 0.361. The Morgan fingerprint density at radius 3 is 2.70 bits per heavy atom. The molecular formula is C22H28FN7O2S. The van der Waals surface area contributed by atoms with Gasteiger partial charge in [-0.25, -0.2) is 19.3 Å². The highest BCUT2D eigenvalue weighted by molar-refractivity contribution is 8.03. The minimum absolute atomic E-state index is 0.103. The highest BCUT2D eigenvalue weighted by atomic mass is 32.3. The van der Waals surface area contributed by atoms with Gasteiger partial charge in [-0.3, -0.25) is 14.3 Å². The van der Waals surface area contributed by atoms with Crippen LogP contribution >= 0.6 is 0 Å². The standard InChI is InChI=1S/C22H28FN7O2S/c1-21(2)20(24)30-22(3,12-33(21,31)25-4)14-10-13(6-7-15(14)23)28-19-18-16(8-9-26-19)29-17(32-5)11-27-18/h6-11,33H,12H2,1-5H3,(H2,24,30)(H,25,31)(H,26,28)/t22-/m0/s1. The Kier molecular flexibility index (Phi) is 5.57. The second-order valence-electron chi connectivity index (χ2n) is 8.77. The molecule has 3 aromatic rings. The van der Waals surface area contributed by atoms with Crippen LogP contribution in [-0.2, 0) is 15.7 Å². The molecule has 3 heterocycles. The van der Waals surface area contributed by atoms with Crippen LogP contribution in [-0.4, -0.2) is 49.7 Å². The lowest BCUT2D eigenvalue weighted by Gasteiger charge is -2.51. The summed E-state index contributed by atoms with van der Waals surface area (Å²) in [4.78, 5) is 13.1. The molecule has 4 rings (SSSR count). The van der Waals surface area contributed by atoms with Gasteiger partial charge in [0.15, 0.2) is 5.82 Å². The molecular weight excluding hydrogens is 445 g/mol. The first kappa shape index (κ1) is 23.0. The number of amidine groups is 1. The zero-order valence-electron chi connectivity index (χ0n) is 19.2. The van der Waals surface area contributed by atoms with Crippen molar-refractivity contribution in [1.29, 1.82) is 5.41 Å². The number of halogens is 1. The summed E-state index contributed by atoms with van der Waals surface area (Å²) in [5.74, 6) is 0.633. The molecule has 2 aromatic heterocycles. The molecule has 1 aliphatic heterocycles. The average molecular weight is 474 g/mol. The van der Waals surface area contributed by atoms with Crippen molar-refractivity contribution in [3.05, 3.63) is 48.0 Å². The largest absolute Gasteiger partial charge is 0.480 e. The monoisotopic (exact) mass is 473 g/mol. The van der Waals surface area contributed by atoms with E-state index in [-0.39, 0.29) is 11.6 Å². The number of benzene rings is 1. The number of ether oxygens (including phenoxy) is 1. The number of fused-ring (bicyclic) bond motifs is 1. The summed E-state index contributed by atoms with van der Waals surface area (Å²) in [7, 11) is 0.0920. The Labute approximate surface area is 192 Å². The topological polar surface area (TPSA) is 125 Å².